The molecule has 0 spiro atoms. The van der Waals surface area contributed by atoms with Crippen molar-refractivity contribution < 1.29 is 43.9 Å². The zero-order valence-electron chi connectivity index (χ0n) is 31.9. The molecule has 5 rings (SSSR count). The van der Waals surface area contributed by atoms with Crippen LogP contribution in [0.15, 0.2) is 46.7 Å². The van der Waals surface area contributed by atoms with E-state index in [-0.39, 0.29) is 41.1 Å². The van der Waals surface area contributed by atoms with Crippen LogP contribution in [0, 0.1) is 29.6 Å². The van der Waals surface area contributed by atoms with Gasteiger partial charge in [-0.2, -0.15) is 0 Å². The Bertz CT molecular complexity index is 1020. The van der Waals surface area contributed by atoms with Crippen LogP contribution in [0.25, 0.3) is 0 Å². The number of ketones is 3. The zero-order valence-corrected chi connectivity index (χ0v) is 31.9. The fraction of sp³-hybridized carbons (Fsp3) is 0.711. The van der Waals surface area contributed by atoms with Crippen LogP contribution < -0.4 is 0 Å². The first-order valence-corrected chi connectivity index (χ1v) is 17.7. The third-order valence-corrected chi connectivity index (χ3v) is 7.80. The van der Waals surface area contributed by atoms with Crippen molar-refractivity contribution in [1.82, 2.24) is 0 Å². The molecule has 0 radical (unpaired) electrons. The highest BCUT2D eigenvalue weighted by molar-refractivity contribution is 6.05. The molecule has 274 valence electrons. The van der Waals surface area contributed by atoms with E-state index in [1.165, 1.54) is 26.9 Å². The predicted molar refractivity (Wildman–Crippen MR) is 191 cm³/mol. The maximum atomic E-state index is 13.2. The molecular formula is C38H68O9. The highest BCUT2D eigenvalue weighted by atomic mass is 16.7. The summed E-state index contributed by atoms with van der Waals surface area (Å²) in [5.41, 5.74) is 0.974. The van der Waals surface area contributed by atoms with Gasteiger partial charge in [0, 0.05) is 26.7 Å². The number of aliphatic hydroxyl groups is 3. The lowest BCUT2D eigenvalue weighted by Gasteiger charge is -2.43. The second-order valence-corrected chi connectivity index (χ2v) is 9.73. The fourth-order valence-electron chi connectivity index (χ4n) is 5.85. The lowest BCUT2D eigenvalue weighted by Crippen LogP contribution is -2.51. The van der Waals surface area contributed by atoms with E-state index >= 15 is 0 Å². The van der Waals surface area contributed by atoms with Gasteiger partial charge in [-0.15, -0.1) is 0 Å². The molecular weight excluding hydrogens is 600 g/mol. The lowest BCUT2D eigenvalue weighted by molar-refractivity contribution is -0.145. The van der Waals surface area contributed by atoms with Gasteiger partial charge in [-0.1, -0.05) is 81.4 Å². The first kappa shape index (κ1) is 48.6. The average molecular weight is 669 g/mol. The van der Waals surface area contributed by atoms with Crippen molar-refractivity contribution in [3.05, 3.63) is 46.7 Å². The van der Waals surface area contributed by atoms with Gasteiger partial charge in [0.25, 0.3) is 0 Å². The predicted octanol–water partition coefficient (Wildman–Crippen LogP) is 8.63. The molecule has 1 saturated heterocycles. The Morgan fingerprint density at radius 2 is 1.32 bits per heavy atom. The minimum absolute atomic E-state index is 0.0205. The van der Waals surface area contributed by atoms with Gasteiger partial charge >= 0.3 is 0 Å². The van der Waals surface area contributed by atoms with Gasteiger partial charge in [-0.05, 0) is 62.7 Å². The van der Waals surface area contributed by atoms with Crippen molar-refractivity contribution in [2.24, 2.45) is 29.6 Å². The molecule has 47 heavy (non-hydrogen) atoms. The Labute approximate surface area is 286 Å². The highest BCUT2D eigenvalue weighted by Crippen LogP contribution is 2.51. The van der Waals surface area contributed by atoms with Crippen molar-refractivity contribution in [2.45, 2.75) is 121 Å². The maximum Gasteiger partial charge on any atom is 0.157 e. The SMILES string of the molecule is CC.CC.CC.CC.CC.CO.COC1=CC=CC2C(=O)C3C(O)=C4CC(C(C)=O)CCC4=C(O)C3C(=O)C12.CO[C@H]1CCCCO1. The number of carbonyl (C=O) groups excluding carboxylic acids is 3. The number of Topliss-reactive ketones (excluding diaryl/α,β-unsaturated/α-hetero) is 3. The van der Waals surface area contributed by atoms with Crippen LogP contribution in [0.5, 0.6) is 0 Å². The van der Waals surface area contributed by atoms with Gasteiger partial charge in [0.05, 0.1) is 30.8 Å². The highest BCUT2D eigenvalue weighted by Gasteiger charge is 2.56. The van der Waals surface area contributed by atoms with E-state index in [2.05, 4.69) is 0 Å². The van der Waals surface area contributed by atoms with Gasteiger partial charge in [0.2, 0.25) is 0 Å². The summed E-state index contributed by atoms with van der Waals surface area (Å²) in [4.78, 5) is 38.2. The summed E-state index contributed by atoms with van der Waals surface area (Å²) in [6.45, 7) is 22.4. The normalized spacial score (nSPS) is 26.2. The van der Waals surface area contributed by atoms with Gasteiger partial charge in [0.15, 0.2) is 17.9 Å². The van der Waals surface area contributed by atoms with Gasteiger partial charge in [-0.25, -0.2) is 0 Å². The number of hydrogen-bond donors (Lipinski definition) is 3. The lowest BCUT2D eigenvalue weighted by atomic mass is 9.59. The molecule has 0 aromatic rings. The van der Waals surface area contributed by atoms with E-state index in [4.69, 9.17) is 19.3 Å². The van der Waals surface area contributed by atoms with Crippen LogP contribution in [0.3, 0.4) is 0 Å². The molecule has 5 aliphatic rings. The van der Waals surface area contributed by atoms with E-state index in [0.717, 1.165) is 20.1 Å². The third kappa shape index (κ3) is 12.7. The monoisotopic (exact) mass is 668 g/mol. The summed E-state index contributed by atoms with van der Waals surface area (Å²) in [5, 5.41) is 28.8. The quantitative estimate of drug-likeness (QED) is 0.270. The van der Waals surface area contributed by atoms with Crippen molar-refractivity contribution in [1.29, 1.82) is 0 Å². The first-order chi connectivity index (χ1) is 22.8. The number of rotatable bonds is 3. The smallest absolute Gasteiger partial charge is 0.157 e. The van der Waals surface area contributed by atoms with Crippen LogP contribution in [0.1, 0.15) is 115 Å². The number of carbonyl (C=O) groups is 3. The standard InChI is InChI=1S/C21H22O6.C6H12O2.5C2H6.CH4O/c1-9(22)10-6-7-11-13(8-10)20(25)16-17(18(11)23)21(26)15-12(19(16)24)4-3-5-14(15)27-2;1-7-6-4-2-3-5-8-6;6*1-2/h3-5,10,12,15-17,23,25H,6-8H2,1-2H3;6H,2-5H2,1H3;5*1-2H3;2H,1H3/t;6-;;;;;;/m.1....../s1. The number of allylic oxidation sites excluding steroid dienone is 8. The van der Waals surface area contributed by atoms with Crippen LogP contribution >= 0.6 is 0 Å². The van der Waals surface area contributed by atoms with Crippen LogP contribution in [-0.4, -0.2) is 66.9 Å². The topological polar surface area (TPSA) is 140 Å². The summed E-state index contributed by atoms with van der Waals surface area (Å²) in [6, 6.07) is 0. The van der Waals surface area contributed by atoms with Gasteiger partial charge < -0.3 is 29.5 Å². The summed E-state index contributed by atoms with van der Waals surface area (Å²) >= 11 is 0. The summed E-state index contributed by atoms with van der Waals surface area (Å²) in [7, 11) is 4.14. The fourth-order valence-corrected chi connectivity index (χ4v) is 5.85. The largest absolute Gasteiger partial charge is 0.511 e. The van der Waals surface area contributed by atoms with Crippen LogP contribution in [0.4, 0.5) is 0 Å². The second kappa shape index (κ2) is 28.3. The Morgan fingerprint density at radius 1 is 0.787 bits per heavy atom. The van der Waals surface area contributed by atoms with E-state index in [1.54, 1.807) is 25.3 Å². The molecule has 0 amide bonds. The second-order valence-electron chi connectivity index (χ2n) is 9.73. The molecule has 1 aliphatic heterocycles. The average Bonchev–Trinajstić information content (AvgIpc) is 3.17. The van der Waals surface area contributed by atoms with Gasteiger partial charge in [0.1, 0.15) is 23.1 Å². The Hall–Kier alpha value is -2.75. The molecule has 0 aromatic heterocycles. The number of ether oxygens (including phenoxy) is 3. The molecule has 6 atom stereocenters. The van der Waals surface area contributed by atoms with E-state index < -0.39 is 23.7 Å². The Morgan fingerprint density at radius 3 is 1.77 bits per heavy atom. The molecule has 3 N–H and O–H groups in total. The van der Waals surface area contributed by atoms with Gasteiger partial charge in [-0.3, -0.25) is 14.4 Å². The van der Waals surface area contributed by atoms with Crippen molar-refractivity contribution in [2.75, 3.05) is 27.9 Å². The molecule has 9 heteroatoms. The van der Waals surface area contributed by atoms with Crippen LogP contribution in [-0.2, 0) is 28.6 Å². The zero-order chi connectivity index (χ0) is 37.3. The molecule has 0 bridgehead atoms. The van der Waals surface area contributed by atoms with Crippen molar-refractivity contribution >= 4 is 17.3 Å². The number of methoxy groups -OCH3 is 2. The maximum absolute atomic E-state index is 13.2. The van der Waals surface area contributed by atoms with Crippen LogP contribution in [0.2, 0.25) is 0 Å². The Kier molecular flexibility index (Phi) is 29.3. The molecule has 5 unspecified atom stereocenters. The third-order valence-electron chi connectivity index (χ3n) is 7.80. The van der Waals surface area contributed by atoms with E-state index in [0.29, 0.717) is 36.2 Å². The minimum Gasteiger partial charge on any atom is -0.511 e. The summed E-state index contributed by atoms with van der Waals surface area (Å²) in [6.07, 6.45) is 9.82. The number of fused-ring (bicyclic) bond motifs is 3. The minimum atomic E-state index is -1.09. The molecule has 3 fully saturated rings. The van der Waals surface area contributed by atoms with Crippen molar-refractivity contribution in [3.63, 3.8) is 0 Å². The van der Waals surface area contributed by atoms with E-state index in [9.17, 15) is 24.6 Å². The number of aliphatic hydroxyl groups excluding tert-OH is 3. The van der Waals surface area contributed by atoms with E-state index in [1.807, 2.05) is 69.2 Å². The molecule has 1 heterocycles. The molecule has 2 saturated carbocycles. The molecule has 4 aliphatic carbocycles. The first-order valence-electron chi connectivity index (χ1n) is 17.7. The number of hydrogen-bond acceptors (Lipinski definition) is 9. The summed E-state index contributed by atoms with van der Waals surface area (Å²) in [5.74, 6) is -4.40. The molecule has 9 nitrogen and oxygen atoms in total. The molecule has 0 aromatic carbocycles. The van der Waals surface area contributed by atoms with Crippen molar-refractivity contribution in [3.8, 4) is 0 Å². The Balaban J connectivity index is -0.000000809. The summed E-state index contributed by atoms with van der Waals surface area (Å²) < 4.78 is 15.5.